The summed E-state index contributed by atoms with van der Waals surface area (Å²) in [6, 6.07) is 7.02. The van der Waals surface area contributed by atoms with Crippen molar-refractivity contribution in [2.24, 2.45) is 0 Å². The number of benzene rings is 1. The molecule has 4 rings (SSSR count). The SMILES string of the molecule is COc1cnc2c(Nc3ccc(F)c(NC4CC4)c3)ncnc2c1. The Morgan fingerprint density at radius 1 is 1.17 bits per heavy atom. The van der Waals surface area contributed by atoms with Gasteiger partial charge in [0.1, 0.15) is 23.4 Å². The molecule has 1 aromatic carbocycles. The quantitative estimate of drug-likeness (QED) is 0.748. The summed E-state index contributed by atoms with van der Waals surface area (Å²) in [5.41, 5.74) is 2.53. The summed E-state index contributed by atoms with van der Waals surface area (Å²) in [5.74, 6) is 0.930. The first kappa shape index (κ1) is 14.6. The van der Waals surface area contributed by atoms with E-state index in [9.17, 15) is 4.39 Å². The lowest BCUT2D eigenvalue weighted by molar-refractivity contribution is 0.413. The van der Waals surface area contributed by atoms with Crippen molar-refractivity contribution in [1.82, 2.24) is 15.0 Å². The van der Waals surface area contributed by atoms with Crippen molar-refractivity contribution in [3.05, 3.63) is 42.6 Å². The van der Waals surface area contributed by atoms with E-state index in [0.29, 0.717) is 34.3 Å². The van der Waals surface area contributed by atoms with Crippen LogP contribution in [0.3, 0.4) is 0 Å². The van der Waals surface area contributed by atoms with Crippen molar-refractivity contribution in [3.63, 3.8) is 0 Å². The van der Waals surface area contributed by atoms with Gasteiger partial charge in [-0.15, -0.1) is 0 Å². The summed E-state index contributed by atoms with van der Waals surface area (Å²) in [6.07, 6.45) is 5.24. The fraction of sp³-hybridized carbons (Fsp3) is 0.235. The largest absolute Gasteiger partial charge is 0.495 e. The van der Waals surface area contributed by atoms with Gasteiger partial charge in [-0.3, -0.25) is 0 Å². The van der Waals surface area contributed by atoms with E-state index in [1.165, 1.54) is 12.4 Å². The van der Waals surface area contributed by atoms with Crippen LogP contribution in [-0.2, 0) is 0 Å². The number of anilines is 3. The van der Waals surface area contributed by atoms with Gasteiger partial charge in [-0.05, 0) is 31.0 Å². The van der Waals surface area contributed by atoms with Crippen LogP contribution < -0.4 is 15.4 Å². The van der Waals surface area contributed by atoms with Crippen molar-refractivity contribution in [3.8, 4) is 5.75 Å². The number of ether oxygens (including phenoxy) is 1. The maximum absolute atomic E-state index is 13.9. The van der Waals surface area contributed by atoms with Crippen LogP contribution in [0.15, 0.2) is 36.8 Å². The zero-order valence-corrected chi connectivity index (χ0v) is 13.1. The monoisotopic (exact) mass is 325 g/mol. The maximum Gasteiger partial charge on any atom is 0.160 e. The fourth-order valence-corrected chi connectivity index (χ4v) is 2.43. The number of hydrogen-bond acceptors (Lipinski definition) is 6. The van der Waals surface area contributed by atoms with Crippen LogP contribution in [0.1, 0.15) is 12.8 Å². The van der Waals surface area contributed by atoms with E-state index in [4.69, 9.17) is 4.74 Å². The number of nitrogens with one attached hydrogen (secondary N) is 2. The molecule has 7 heteroatoms. The highest BCUT2D eigenvalue weighted by Crippen LogP contribution is 2.30. The number of nitrogens with zero attached hydrogens (tertiary/aromatic N) is 3. The second-order valence-electron chi connectivity index (χ2n) is 5.70. The number of halogens is 1. The Bertz CT molecular complexity index is 897. The van der Waals surface area contributed by atoms with Gasteiger partial charge in [0.25, 0.3) is 0 Å². The average Bonchev–Trinajstić information content (AvgIpc) is 3.41. The molecule has 0 radical (unpaired) electrons. The van der Waals surface area contributed by atoms with E-state index in [0.717, 1.165) is 18.5 Å². The van der Waals surface area contributed by atoms with E-state index in [1.807, 2.05) is 0 Å². The molecule has 6 nitrogen and oxygen atoms in total. The molecule has 1 fully saturated rings. The molecule has 2 aromatic heterocycles. The number of aromatic nitrogens is 3. The summed E-state index contributed by atoms with van der Waals surface area (Å²) in [4.78, 5) is 12.8. The third-order valence-electron chi connectivity index (χ3n) is 3.85. The van der Waals surface area contributed by atoms with Gasteiger partial charge in [0, 0.05) is 17.8 Å². The van der Waals surface area contributed by atoms with Gasteiger partial charge in [0.05, 0.1) is 24.5 Å². The Balaban J connectivity index is 1.66. The summed E-state index contributed by atoms with van der Waals surface area (Å²) in [6.45, 7) is 0. The van der Waals surface area contributed by atoms with Gasteiger partial charge in [-0.25, -0.2) is 19.3 Å². The number of hydrogen-bond donors (Lipinski definition) is 2. The van der Waals surface area contributed by atoms with Crippen molar-refractivity contribution in [1.29, 1.82) is 0 Å². The maximum atomic E-state index is 13.9. The molecule has 3 aromatic rings. The van der Waals surface area contributed by atoms with Crippen LogP contribution in [-0.4, -0.2) is 28.1 Å². The minimum atomic E-state index is -0.261. The second-order valence-corrected chi connectivity index (χ2v) is 5.70. The molecule has 122 valence electrons. The molecular weight excluding hydrogens is 309 g/mol. The molecule has 1 aliphatic rings. The third-order valence-corrected chi connectivity index (χ3v) is 3.85. The topological polar surface area (TPSA) is 72.0 Å². The van der Waals surface area contributed by atoms with E-state index in [1.54, 1.807) is 31.5 Å². The summed E-state index contributed by atoms with van der Waals surface area (Å²) in [5, 5.41) is 6.37. The molecule has 24 heavy (non-hydrogen) atoms. The second kappa shape index (κ2) is 5.92. The van der Waals surface area contributed by atoms with E-state index < -0.39 is 0 Å². The van der Waals surface area contributed by atoms with Gasteiger partial charge >= 0.3 is 0 Å². The van der Waals surface area contributed by atoms with Crippen LogP contribution >= 0.6 is 0 Å². The summed E-state index contributed by atoms with van der Waals surface area (Å²) < 4.78 is 19.0. The molecule has 0 amide bonds. The van der Waals surface area contributed by atoms with E-state index in [-0.39, 0.29) is 5.82 Å². The molecule has 0 spiro atoms. The van der Waals surface area contributed by atoms with Crippen molar-refractivity contribution in [2.45, 2.75) is 18.9 Å². The standard InChI is InChI=1S/C17H16FN5O/c1-24-12-7-15-16(19-8-12)17(21-9-20-15)23-11-4-5-13(18)14(6-11)22-10-2-3-10/h4-10,22H,2-3H2,1H3,(H,20,21,23). The lowest BCUT2D eigenvalue weighted by atomic mass is 10.2. The Labute approximate surface area is 138 Å². The van der Waals surface area contributed by atoms with Crippen molar-refractivity contribution in [2.75, 3.05) is 17.7 Å². The number of methoxy groups -OCH3 is 1. The molecule has 2 N–H and O–H groups in total. The predicted molar refractivity (Wildman–Crippen MR) is 90.2 cm³/mol. The summed E-state index contributed by atoms with van der Waals surface area (Å²) >= 11 is 0. The smallest absolute Gasteiger partial charge is 0.160 e. The molecule has 0 unspecified atom stereocenters. The first-order valence-electron chi connectivity index (χ1n) is 7.71. The van der Waals surface area contributed by atoms with E-state index in [2.05, 4.69) is 25.6 Å². The number of fused-ring (bicyclic) bond motifs is 1. The molecule has 0 bridgehead atoms. The Morgan fingerprint density at radius 3 is 2.83 bits per heavy atom. The van der Waals surface area contributed by atoms with Crippen LogP contribution in [0, 0.1) is 5.82 Å². The van der Waals surface area contributed by atoms with Gasteiger partial charge in [0.15, 0.2) is 5.82 Å². The van der Waals surface area contributed by atoms with Gasteiger partial charge in [-0.2, -0.15) is 0 Å². The normalized spacial score (nSPS) is 13.8. The third kappa shape index (κ3) is 2.92. The van der Waals surface area contributed by atoms with Crippen LogP contribution in [0.4, 0.5) is 21.6 Å². The molecule has 1 saturated carbocycles. The molecule has 2 heterocycles. The highest BCUT2D eigenvalue weighted by Gasteiger charge is 2.22. The Kier molecular flexibility index (Phi) is 3.60. The number of rotatable bonds is 5. The Morgan fingerprint density at radius 2 is 2.04 bits per heavy atom. The lowest BCUT2D eigenvalue weighted by Crippen LogP contribution is -2.04. The molecular formula is C17H16FN5O. The Hall–Kier alpha value is -2.96. The van der Waals surface area contributed by atoms with Gasteiger partial charge in [0.2, 0.25) is 0 Å². The molecule has 0 atom stereocenters. The summed E-state index contributed by atoms with van der Waals surface area (Å²) in [7, 11) is 1.58. The molecule has 0 aliphatic heterocycles. The molecule has 1 aliphatic carbocycles. The zero-order chi connectivity index (χ0) is 16.5. The van der Waals surface area contributed by atoms with Crippen LogP contribution in [0.25, 0.3) is 11.0 Å². The highest BCUT2D eigenvalue weighted by molar-refractivity contribution is 5.87. The first-order valence-corrected chi connectivity index (χ1v) is 7.71. The predicted octanol–water partition coefficient (Wildman–Crippen LogP) is 3.49. The fourth-order valence-electron chi connectivity index (χ4n) is 2.43. The van der Waals surface area contributed by atoms with Crippen LogP contribution in [0.2, 0.25) is 0 Å². The highest BCUT2D eigenvalue weighted by atomic mass is 19.1. The van der Waals surface area contributed by atoms with E-state index >= 15 is 0 Å². The van der Waals surface area contributed by atoms with Crippen LogP contribution in [0.5, 0.6) is 5.75 Å². The molecule has 0 saturated heterocycles. The number of pyridine rings is 1. The van der Waals surface area contributed by atoms with Gasteiger partial charge < -0.3 is 15.4 Å². The first-order chi connectivity index (χ1) is 11.7. The lowest BCUT2D eigenvalue weighted by Gasteiger charge is -2.11. The zero-order valence-electron chi connectivity index (χ0n) is 13.1. The van der Waals surface area contributed by atoms with Crippen molar-refractivity contribution >= 4 is 28.2 Å². The average molecular weight is 325 g/mol. The van der Waals surface area contributed by atoms with Gasteiger partial charge in [-0.1, -0.05) is 0 Å². The van der Waals surface area contributed by atoms with Crippen molar-refractivity contribution < 1.29 is 9.13 Å². The minimum Gasteiger partial charge on any atom is -0.495 e. The minimum absolute atomic E-state index is 0.261.